The molecule has 3 atom stereocenters. The molecule has 1 aliphatic carbocycles. The monoisotopic (exact) mass is 366 g/mol. The summed E-state index contributed by atoms with van der Waals surface area (Å²) in [5.74, 6) is 0.572. The zero-order chi connectivity index (χ0) is 18.4. The first kappa shape index (κ1) is 19.6. The Balaban J connectivity index is 1.84. The summed E-state index contributed by atoms with van der Waals surface area (Å²) in [6.45, 7) is 6.66. The third kappa shape index (κ3) is 5.92. The largest absolute Gasteiger partial charge is 0.450 e. The van der Waals surface area contributed by atoms with Crippen LogP contribution in [0.25, 0.3) is 0 Å². The van der Waals surface area contributed by atoms with Gasteiger partial charge >= 0.3 is 6.09 Å². The fourth-order valence-corrected chi connectivity index (χ4v) is 3.34. The van der Waals surface area contributed by atoms with E-state index in [1.165, 1.54) is 0 Å². The predicted octanol–water partition coefficient (Wildman–Crippen LogP) is 3.72. The van der Waals surface area contributed by atoms with Crippen molar-refractivity contribution in [3.8, 4) is 0 Å². The molecule has 25 heavy (non-hydrogen) atoms. The Kier molecular flexibility index (Phi) is 7.12. The Morgan fingerprint density at radius 1 is 1.32 bits per heavy atom. The fourth-order valence-electron chi connectivity index (χ4n) is 3.06. The van der Waals surface area contributed by atoms with Crippen molar-refractivity contribution in [2.75, 3.05) is 13.2 Å². The van der Waals surface area contributed by atoms with Crippen molar-refractivity contribution in [2.24, 2.45) is 11.8 Å². The van der Waals surface area contributed by atoms with E-state index in [0.717, 1.165) is 18.4 Å². The number of benzene rings is 1. The average Bonchev–Trinajstić information content (AvgIpc) is 3.33. The Morgan fingerprint density at radius 2 is 2.04 bits per heavy atom. The second-order valence-electron chi connectivity index (χ2n) is 6.91. The second kappa shape index (κ2) is 9.09. The van der Waals surface area contributed by atoms with Crippen molar-refractivity contribution in [3.05, 3.63) is 34.9 Å². The van der Waals surface area contributed by atoms with Gasteiger partial charge in [-0.2, -0.15) is 0 Å². The summed E-state index contributed by atoms with van der Waals surface area (Å²) < 4.78 is 4.93. The first-order valence-electron chi connectivity index (χ1n) is 8.87. The molecule has 1 aliphatic rings. The zero-order valence-corrected chi connectivity index (χ0v) is 15.8. The predicted molar refractivity (Wildman–Crippen MR) is 98.7 cm³/mol. The number of hydrogen-bond acceptors (Lipinski definition) is 3. The molecule has 138 valence electrons. The van der Waals surface area contributed by atoms with Crippen molar-refractivity contribution in [1.82, 2.24) is 10.6 Å². The van der Waals surface area contributed by atoms with Gasteiger partial charge in [-0.25, -0.2) is 4.79 Å². The van der Waals surface area contributed by atoms with E-state index in [1.807, 2.05) is 24.3 Å². The highest BCUT2D eigenvalue weighted by molar-refractivity contribution is 6.31. The lowest BCUT2D eigenvalue weighted by Gasteiger charge is -2.20. The summed E-state index contributed by atoms with van der Waals surface area (Å²) in [6, 6.07) is 7.52. The van der Waals surface area contributed by atoms with E-state index in [4.69, 9.17) is 16.3 Å². The molecule has 0 bridgehead atoms. The topological polar surface area (TPSA) is 67.4 Å². The summed E-state index contributed by atoms with van der Waals surface area (Å²) in [6.07, 6.45) is 1.15. The standard InChI is InChI=1S/C19H27ClN2O3/c1-4-25-19(24)22-13(9-12(2)3)11-21-18(23)16-10-15(16)14-7-5-6-8-17(14)20/h5-8,12-13,15-16H,4,9-11H2,1-3H3,(H,21,23)(H,22,24). The molecule has 1 aromatic rings. The number of carbonyl (C=O) groups is 2. The van der Waals surface area contributed by atoms with Crippen molar-refractivity contribution in [1.29, 1.82) is 0 Å². The van der Waals surface area contributed by atoms with E-state index in [0.29, 0.717) is 24.1 Å². The smallest absolute Gasteiger partial charge is 0.407 e. The molecular weight excluding hydrogens is 340 g/mol. The van der Waals surface area contributed by atoms with Crippen LogP contribution >= 0.6 is 11.6 Å². The fraction of sp³-hybridized carbons (Fsp3) is 0.579. The van der Waals surface area contributed by atoms with E-state index in [9.17, 15) is 9.59 Å². The van der Waals surface area contributed by atoms with Gasteiger partial charge in [0.1, 0.15) is 0 Å². The third-order valence-corrected chi connectivity index (χ3v) is 4.65. The zero-order valence-electron chi connectivity index (χ0n) is 15.0. The molecule has 6 heteroatoms. The molecule has 0 aliphatic heterocycles. The van der Waals surface area contributed by atoms with Gasteiger partial charge in [0.2, 0.25) is 5.91 Å². The molecule has 1 saturated carbocycles. The number of rotatable bonds is 8. The SMILES string of the molecule is CCOC(=O)NC(CNC(=O)C1CC1c1ccccc1Cl)CC(C)C. The molecule has 5 nitrogen and oxygen atoms in total. The van der Waals surface area contributed by atoms with Crippen molar-refractivity contribution < 1.29 is 14.3 Å². The summed E-state index contributed by atoms with van der Waals surface area (Å²) in [5.41, 5.74) is 1.03. The Bertz CT molecular complexity index is 606. The highest BCUT2D eigenvalue weighted by atomic mass is 35.5. The van der Waals surface area contributed by atoms with Gasteiger partial charge in [0.05, 0.1) is 6.61 Å². The first-order chi connectivity index (χ1) is 11.9. The molecule has 0 spiro atoms. The number of alkyl carbamates (subject to hydrolysis) is 1. The van der Waals surface area contributed by atoms with Gasteiger partial charge in [-0.1, -0.05) is 43.6 Å². The molecule has 2 rings (SSSR count). The van der Waals surface area contributed by atoms with Gasteiger partial charge < -0.3 is 15.4 Å². The summed E-state index contributed by atoms with van der Waals surface area (Å²) in [7, 11) is 0. The Morgan fingerprint density at radius 3 is 2.68 bits per heavy atom. The van der Waals surface area contributed by atoms with Crippen LogP contribution in [0.5, 0.6) is 0 Å². The molecule has 2 N–H and O–H groups in total. The van der Waals surface area contributed by atoms with E-state index >= 15 is 0 Å². The normalized spacial score (nSPS) is 20.0. The van der Waals surface area contributed by atoms with Crippen LogP contribution in [0.3, 0.4) is 0 Å². The minimum Gasteiger partial charge on any atom is -0.450 e. The van der Waals surface area contributed by atoms with Gasteiger partial charge in [0, 0.05) is 23.5 Å². The number of amides is 2. The lowest BCUT2D eigenvalue weighted by atomic mass is 10.0. The van der Waals surface area contributed by atoms with Crippen molar-refractivity contribution >= 4 is 23.6 Å². The van der Waals surface area contributed by atoms with E-state index in [-0.39, 0.29) is 23.8 Å². The van der Waals surface area contributed by atoms with Crippen LogP contribution in [0.4, 0.5) is 4.79 Å². The maximum atomic E-state index is 12.4. The van der Waals surface area contributed by atoms with Crippen LogP contribution in [-0.4, -0.2) is 31.2 Å². The Hall–Kier alpha value is -1.75. The minimum atomic E-state index is -0.442. The number of halogens is 1. The third-order valence-electron chi connectivity index (χ3n) is 4.31. The molecule has 0 heterocycles. The van der Waals surface area contributed by atoms with E-state index < -0.39 is 6.09 Å². The highest BCUT2D eigenvalue weighted by Crippen LogP contribution is 2.49. The van der Waals surface area contributed by atoms with E-state index in [2.05, 4.69) is 24.5 Å². The number of carbonyl (C=O) groups excluding carboxylic acids is 2. The molecule has 0 saturated heterocycles. The minimum absolute atomic E-state index is 0.0179. The van der Waals surface area contributed by atoms with Crippen LogP contribution in [0, 0.1) is 11.8 Å². The quantitative estimate of drug-likeness (QED) is 0.736. The molecular formula is C19H27ClN2O3. The van der Waals surface area contributed by atoms with Crippen LogP contribution in [0.15, 0.2) is 24.3 Å². The van der Waals surface area contributed by atoms with Crippen LogP contribution < -0.4 is 10.6 Å². The van der Waals surface area contributed by atoms with Crippen LogP contribution in [0.2, 0.25) is 5.02 Å². The number of ether oxygens (including phenoxy) is 1. The van der Waals surface area contributed by atoms with Gasteiger partial charge in [-0.3, -0.25) is 4.79 Å². The lowest BCUT2D eigenvalue weighted by molar-refractivity contribution is -0.122. The molecule has 1 aromatic carbocycles. The van der Waals surface area contributed by atoms with Gasteiger partial charge in [-0.05, 0) is 43.2 Å². The van der Waals surface area contributed by atoms with Crippen LogP contribution in [0.1, 0.15) is 45.1 Å². The maximum absolute atomic E-state index is 12.4. The summed E-state index contributed by atoms with van der Waals surface area (Å²) in [5, 5.41) is 6.50. The van der Waals surface area contributed by atoms with Gasteiger partial charge in [0.15, 0.2) is 0 Å². The second-order valence-corrected chi connectivity index (χ2v) is 7.31. The van der Waals surface area contributed by atoms with Crippen LogP contribution in [-0.2, 0) is 9.53 Å². The van der Waals surface area contributed by atoms with Crippen molar-refractivity contribution in [2.45, 2.75) is 45.6 Å². The number of nitrogens with one attached hydrogen (secondary N) is 2. The van der Waals surface area contributed by atoms with Crippen molar-refractivity contribution in [3.63, 3.8) is 0 Å². The molecule has 1 fully saturated rings. The molecule has 0 aromatic heterocycles. The first-order valence-corrected chi connectivity index (χ1v) is 9.25. The number of hydrogen-bond donors (Lipinski definition) is 2. The summed E-state index contributed by atoms with van der Waals surface area (Å²) in [4.78, 5) is 24.0. The average molecular weight is 367 g/mol. The highest BCUT2D eigenvalue weighted by Gasteiger charge is 2.44. The lowest BCUT2D eigenvalue weighted by Crippen LogP contribution is -2.45. The molecule has 2 amide bonds. The molecule has 0 radical (unpaired) electrons. The molecule has 3 unspecified atom stereocenters. The Labute approximate surface area is 154 Å². The summed E-state index contributed by atoms with van der Waals surface area (Å²) >= 11 is 6.21. The van der Waals surface area contributed by atoms with Gasteiger partial charge in [0.25, 0.3) is 0 Å². The maximum Gasteiger partial charge on any atom is 0.407 e. The van der Waals surface area contributed by atoms with Gasteiger partial charge in [-0.15, -0.1) is 0 Å². The van der Waals surface area contributed by atoms with E-state index in [1.54, 1.807) is 6.92 Å².